The van der Waals surface area contributed by atoms with Gasteiger partial charge in [0.2, 0.25) is 0 Å². The second-order valence-electron chi connectivity index (χ2n) is 5.21. The van der Waals surface area contributed by atoms with Crippen LogP contribution in [0.2, 0.25) is 5.02 Å². The molecule has 8 heteroatoms. The first-order chi connectivity index (χ1) is 12.0. The molecule has 0 aliphatic rings. The maximum Gasteiger partial charge on any atom is 0.176 e. The largest absolute Gasteiger partial charge is 0.330 e. The van der Waals surface area contributed by atoms with Crippen LogP contribution in [0, 0.1) is 11.6 Å². The van der Waals surface area contributed by atoms with Crippen molar-refractivity contribution >= 4 is 40.4 Å². The highest BCUT2D eigenvalue weighted by Crippen LogP contribution is 2.21. The first kappa shape index (κ1) is 17.3. The van der Waals surface area contributed by atoms with Gasteiger partial charge < -0.3 is 10.6 Å². The summed E-state index contributed by atoms with van der Waals surface area (Å²) in [5, 5.41) is 10.2. The molecule has 0 amide bonds. The first-order valence-electron chi connectivity index (χ1n) is 7.31. The Morgan fingerprint density at radius 2 is 1.88 bits per heavy atom. The van der Waals surface area contributed by atoms with E-state index in [1.54, 1.807) is 10.9 Å². The predicted molar refractivity (Wildman–Crippen MR) is 99.0 cm³/mol. The smallest absolute Gasteiger partial charge is 0.176 e. The van der Waals surface area contributed by atoms with Gasteiger partial charge in [0.1, 0.15) is 16.7 Å². The minimum absolute atomic E-state index is 0.0544. The van der Waals surface area contributed by atoms with Crippen LogP contribution in [-0.4, -0.2) is 14.9 Å². The fourth-order valence-corrected chi connectivity index (χ4v) is 2.59. The third kappa shape index (κ3) is 4.52. The number of nitrogens with one attached hydrogen (secondary N) is 2. The second-order valence-corrected chi connectivity index (χ2v) is 6.03. The SMILES string of the molecule is Fc1ccc(NC(=S)Nc2nn(Cc3ccccc3)cc2Cl)c(F)c1. The molecule has 4 nitrogen and oxygen atoms in total. The van der Waals surface area contributed by atoms with E-state index in [4.69, 9.17) is 23.8 Å². The molecular formula is C17H13ClF2N4S. The number of halogens is 3. The molecule has 0 saturated carbocycles. The summed E-state index contributed by atoms with van der Waals surface area (Å²) in [6, 6.07) is 12.9. The molecule has 3 rings (SSSR count). The summed E-state index contributed by atoms with van der Waals surface area (Å²) in [4.78, 5) is 0. The van der Waals surface area contributed by atoms with Gasteiger partial charge in [0, 0.05) is 12.3 Å². The summed E-state index contributed by atoms with van der Waals surface area (Å²) in [6.45, 7) is 0.551. The molecule has 0 saturated heterocycles. The van der Waals surface area contributed by atoms with E-state index in [0.717, 1.165) is 17.7 Å². The molecule has 0 atom stereocenters. The summed E-state index contributed by atoms with van der Waals surface area (Å²) in [5.74, 6) is -1.06. The topological polar surface area (TPSA) is 41.9 Å². The van der Waals surface area contributed by atoms with Crippen LogP contribution in [-0.2, 0) is 6.54 Å². The summed E-state index contributed by atoms with van der Waals surface area (Å²) in [7, 11) is 0. The van der Waals surface area contributed by atoms with Crippen molar-refractivity contribution in [1.29, 1.82) is 0 Å². The van der Waals surface area contributed by atoms with E-state index in [9.17, 15) is 8.78 Å². The Labute approximate surface area is 153 Å². The van der Waals surface area contributed by atoms with Gasteiger partial charge in [-0.1, -0.05) is 41.9 Å². The maximum atomic E-state index is 13.6. The van der Waals surface area contributed by atoms with Crippen LogP contribution in [0.3, 0.4) is 0 Å². The Morgan fingerprint density at radius 3 is 2.60 bits per heavy atom. The van der Waals surface area contributed by atoms with Gasteiger partial charge in [0.15, 0.2) is 10.9 Å². The van der Waals surface area contributed by atoms with Gasteiger partial charge in [0.25, 0.3) is 0 Å². The molecular weight excluding hydrogens is 366 g/mol. The molecule has 2 N–H and O–H groups in total. The van der Waals surface area contributed by atoms with Crippen molar-refractivity contribution in [3.8, 4) is 0 Å². The lowest BCUT2D eigenvalue weighted by Gasteiger charge is -2.09. The van der Waals surface area contributed by atoms with E-state index in [1.807, 2.05) is 30.3 Å². The molecule has 1 heterocycles. The second kappa shape index (κ2) is 7.58. The van der Waals surface area contributed by atoms with E-state index in [0.29, 0.717) is 17.4 Å². The van der Waals surface area contributed by atoms with Crippen LogP contribution in [0.1, 0.15) is 5.56 Å². The Kier molecular flexibility index (Phi) is 5.25. The van der Waals surface area contributed by atoms with Gasteiger partial charge in [-0.15, -0.1) is 0 Å². The van der Waals surface area contributed by atoms with E-state index in [-0.39, 0.29) is 10.8 Å². The lowest BCUT2D eigenvalue weighted by Crippen LogP contribution is -2.20. The number of thiocarbonyl (C=S) groups is 1. The van der Waals surface area contributed by atoms with Crippen molar-refractivity contribution in [3.63, 3.8) is 0 Å². The number of hydrogen-bond acceptors (Lipinski definition) is 2. The summed E-state index contributed by atoms with van der Waals surface area (Å²) >= 11 is 11.3. The molecule has 1 aromatic heterocycles. The van der Waals surface area contributed by atoms with E-state index in [1.165, 1.54) is 6.07 Å². The number of nitrogens with zero attached hydrogens (tertiary/aromatic N) is 2. The minimum atomic E-state index is -0.746. The minimum Gasteiger partial charge on any atom is -0.330 e. The van der Waals surface area contributed by atoms with Crippen molar-refractivity contribution in [2.75, 3.05) is 10.6 Å². The maximum absolute atomic E-state index is 13.6. The third-order valence-corrected chi connectivity index (χ3v) is 3.80. The van der Waals surface area contributed by atoms with Gasteiger partial charge in [-0.2, -0.15) is 5.10 Å². The van der Waals surface area contributed by atoms with Crippen LogP contribution in [0.15, 0.2) is 54.7 Å². The molecule has 0 aliphatic carbocycles. The zero-order valence-corrected chi connectivity index (χ0v) is 14.4. The number of benzene rings is 2. The molecule has 2 aromatic carbocycles. The Morgan fingerprint density at radius 1 is 1.12 bits per heavy atom. The molecule has 0 radical (unpaired) electrons. The summed E-state index contributed by atoms with van der Waals surface area (Å²) in [6.07, 6.45) is 1.66. The zero-order chi connectivity index (χ0) is 17.8. The number of hydrogen-bond donors (Lipinski definition) is 2. The van der Waals surface area contributed by atoms with Crippen molar-refractivity contribution < 1.29 is 8.78 Å². The van der Waals surface area contributed by atoms with Crippen molar-refractivity contribution in [1.82, 2.24) is 9.78 Å². The third-order valence-electron chi connectivity index (χ3n) is 3.32. The first-order valence-corrected chi connectivity index (χ1v) is 8.10. The predicted octanol–water partition coefficient (Wildman–Crippen LogP) is 4.67. The quantitative estimate of drug-likeness (QED) is 0.647. The molecule has 25 heavy (non-hydrogen) atoms. The van der Waals surface area contributed by atoms with Crippen molar-refractivity contribution in [3.05, 3.63) is 76.9 Å². The van der Waals surface area contributed by atoms with Crippen LogP contribution in [0.4, 0.5) is 20.3 Å². The average Bonchev–Trinajstić information content (AvgIpc) is 2.90. The van der Waals surface area contributed by atoms with Gasteiger partial charge >= 0.3 is 0 Å². The Bertz CT molecular complexity index is 899. The van der Waals surface area contributed by atoms with Gasteiger partial charge in [-0.25, -0.2) is 8.78 Å². The molecule has 0 fully saturated rings. The van der Waals surface area contributed by atoms with Gasteiger partial charge in [-0.3, -0.25) is 4.68 Å². The molecule has 0 bridgehead atoms. The standard InChI is InChI=1S/C17H13ClF2N4S/c18-13-10-24(9-11-4-2-1-3-5-11)23-16(13)22-17(25)21-15-7-6-12(19)8-14(15)20/h1-8,10H,9H2,(H2,21,22,23,25). The lowest BCUT2D eigenvalue weighted by atomic mass is 10.2. The number of aromatic nitrogens is 2. The molecule has 0 aliphatic heterocycles. The normalized spacial score (nSPS) is 10.5. The average molecular weight is 379 g/mol. The highest BCUT2D eigenvalue weighted by Gasteiger charge is 2.11. The van der Waals surface area contributed by atoms with Gasteiger partial charge in [-0.05, 0) is 29.9 Å². The Balaban J connectivity index is 1.67. The van der Waals surface area contributed by atoms with E-state index in [2.05, 4.69) is 15.7 Å². The monoisotopic (exact) mass is 378 g/mol. The Hall–Kier alpha value is -2.51. The van der Waals surface area contributed by atoms with Crippen LogP contribution < -0.4 is 10.6 Å². The van der Waals surface area contributed by atoms with E-state index < -0.39 is 11.6 Å². The number of anilines is 2. The summed E-state index contributed by atoms with van der Waals surface area (Å²) in [5.41, 5.74) is 1.13. The van der Waals surface area contributed by atoms with Crippen molar-refractivity contribution in [2.24, 2.45) is 0 Å². The van der Waals surface area contributed by atoms with Crippen molar-refractivity contribution in [2.45, 2.75) is 6.54 Å². The fraction of sp³-hybridized carbons (Fsp3) is 0.0588. The van der Waals surface area contributed by atoms with Crippen LogP contribution in [0.5, 0.6) is 0 Å². The van der Waals surface area contributed by atoms with E-state index >= 15 is 0 Å². The highest BCUT2D eigenvalue weighted by atomic mass is 35.5. The van der Waals surface area contributed by atoms with Crippen LogP contribution in [0.25, 0.3) is 0 Å². The molecule has 3 aromatic rings. The molecule has 0 spiro atoms. The molecule has 0 unspecified atom stereocenters. The van der Waals surface area contributed by atoms with Crippen LogP contribution >= 0.6 is 23.8 Å². The fourth-order valence-electron chi connectivity index (χ4n) is 2.19. The zero-order valence-electron chi connectivity index (χ0n) is 12.8. The summed E-state index contributed by atoms with van der Waals surface area (Å²) < 4.78 is 28.2. The number of rotatable bonds is 4. The lowest BCUT2D eigenvalue weighted by molar-refractivity contribution is 0.586. The molecule has 128 valence electrons. The highest BCUT2D eigenvalue weighted by molar-refractivity contribution is 7.80. The van der Waals surface area contributed by atoms with Gasteiger partial charge in [0.05, 0.1) is 12.2 Å².